The molecule has 1 aromatic heterocycles. The van der Waals surface area contributed by atoms with Gasteiger partial charge < -0.3 is 5.32 Å². The third-order valence-corrected chi connectivity index (χ3v) is 3.69. The van der Waals surface area contributed by atoms with Crippen LogP contribution < -0.4 is 5.32 Å². The van der Waals surface area contributed by atoms with Gasteiger partial charge in [-0.05, 0) is 24.3 Å². The number of aromatic nitrogens is 2. The summed E-state index contributed by atoms with van der Waals surface area (Å²) >= 11 is 6.16. The van der Waals surface area contributed by atoms with Crippen molar-refractivity contribution in [1.82, 2.24) is 9.78 Å². The number of rotatable bonds is 3. The number of benzene rings is 2. The molecule has 0 unspecified atom stereocenters. The molecule has 0 radical (unpaired) electrons. The van der Waals surface area contributed by atoms with Gasteiger partial charge in [-0.1, -0.05) is 29.8 Å². The van der Waals surface area contributed by atoms with E-state index in [4.69, 9.17) is 16.9 Å². The molecule has 0 aliphatic heterocycles. The van der Waals surface area contributed by atoms with E-state index in [1.165, 1.54) is 0 Å². The first kappa shape index (κ1) is 13.5. The maximum atomic E-state index is 8.84. The molecule has 1 heterocycles. The van der Waals surface area contributed by atoms with Gasteiger partial charge in [0.05, 0.1) is 40.1 Å². The summed E-state index contributed by atoms with van der Waals surface area (Å²) in [7, 11) is 1.93. The molecule has 21 heavy (non-hydrogen) atoms. The molecule has 0 aliphatic rings. The van der Waals surface area contributed by atoms with E-state index in [1.807, 2.05) is 36.0 Å². The molecule has 4 nitrogen and oxygen atoms in total. The van der Waals surface area contributed by atoms with Gasteiger partial charge in [0.25, 0.3) is 0 Å². The zero-order valence-corrected chi connectivity index (χ0v) is 12.2. The Morgan fingerprint density at radius 1 is 1.29 bits per heavy atom. The molecule has 0 bridgehead atoms. The zero-order chi connectivity index (χ0) is 14.8. The molecule has 0 aliphatic carbocycles. The quantitative estimate of drug-likeness (QED) is 0.801. The lowest BCUT2D eigenvalue weighted by molar-refractivity contribution is 0.771. The van der Waals surface area contributed by atoms with E-state index >= 15 is 0 Å². The van der Waals surface area contributed by atoms with Crippen LogP contribution in [0.5, 0.6) is 0 Å². The fraction of sp³-hybridized carbons (Fsp3) is 0.125. The largest absolute Gasteiger partial charge is 0.378 e. The second-order valence-electron chi connectivity index (χ2n) is 4.75. The molecule has 1 N–H and O–H groups in total. The van der Waals surface area contributed by atoms with Crippen molar-refractivity contribution in [1.29, 1.82) is 5.26 Å². The van der Waals surface area contributed by atoms with E-state index in [0.717, 1.165) is 22.3 Å². The van der Waals surface area contributed by atoms with E-state index in [-0.39, 0.29) is 0 Å². The SMILES string of the molecule is Cn1nc(CNc2ccc(C#N)cc2Cl)c2ccccc21. The first-order valence-electron chi connectivity index (χ1n) is 6.53. The van der Waals surface area contributed by atoms with Crippen LogP contribution in [-0.4, -0.2) is 9.78 Å². The Hall–Kier alpha value is -2.51. The van der Waals surface area contributed by atoms with Crippen molar-refractivity contribution in [2.24, 2.45) is 7.05 Å². The topological polar surface area (TPSA) is 53.6 Å². The average molecular weight is 297 g/mol. The Morgan fingerprint density at radius 3 is 2.86 bits per heavy atom. The van der Waals surface area contributed by atoms with E-state index in [2.05, 4.69) is 22.6 Å². The van der Waals surface area contributed by atoms with Crippen molar-refractivity contribution in [3.63, 3.8) is 0 Å². The van der Waals surface area contributed by atoms with Crippen LogP contribution in [0, 0.1) is 11.3 Å². The molecular weight excluding hydrogens is 284 g/mol. The third kappa shape index (κ3) is 2.56. The number of aryl methyl sites for hydroxylation is 1. The Kier molecular flexibility index (Phi) is 3.51. The second-order valence-corrected chi connectivity index (χ2v) is 5.15. The van der Waals surface area contributed by atoms with Gasteiger partial charge in [0, 0.05) is 12.4 Å². The average Bonchev–Trinajstić information content (AvgIpc) is 2.83. The summed E-state index contributed by atoms with van der Waals surface area (Å²) in [6.07, 6.45) is 0. The van der Waals surface area contributed by atoms with Crippen LogP contribution in [0.2, 0.25) is 5.02 Å². The van der Waals surface area contributed by atoms with Crippen LogP contribution in [-0.2, 0) is 13.6 Å². The highest BCUT2D eigenvalue weighted by atomic mass is 35.5. The van der Waals surface area contributed by atoms with Crippen LogP contribution in [0.15, 0.2) is 42.5 Å². The maximum Gasteiger partial charge on any atom is 0.0992 e. The van der Waals surface area contributed by atoms with E-state index < -0.39 is 0 Å². The fourth-order valence-electron chi connectivity index (χ4n) is 2.33. The van der Waals surface area contributed by atoms with Gasteiger partial charge in [0.15, 0.2) is 0 Å². The van der Waals surface area contributed by atoms with Gasteiger partial charge in [-0.15, -0.1) is 0 Å². The summed E-state index contributed by atoms with van der Waals surface area (Å²) in [5, 5.41) is 18.3. The minimum absolute atomic E-state index is 0.536. The minimum atomic E-state index is 0.536. The Morgan fingerprint density at radius 2 is 2.10 bits per heavy atom. The van der Waals surface area contributed by atoms with Crippen molar-refractivity contribution in [3.8, 4) is 6.07 Å². The fourth-order valence-corrected chi connectivity index (χ4v) is 2.57. The molecule has 0 atom stereocenters. The number of anilines is 1. The molecular formula is C16H13ClN4. The maximum absolute atomic E-state index is 8.84. The Balaban J connectivity index is 1.86. The van der Waals surface area contributed by atoms with Crippen molar-refractivity contribution < 1.29 is 0 Å². The standard InChI is InChI=1S/C16H13ClN4/c1-21-16-5-3-2-4-12(16)15(20-21)10-19-14-7-6-11(9-18)8-13(14)17/h2-8,19H,10H2,1H3. The van der Waals surface area contributed by atoms with Gasteiger partial charge in [0.2, 0.25) is 0 Å². The van der Waals surface area contributed by atoms with Crippen molar-refractivity contribution in [3.05, 3.63) is 58.7 Å². The molecule has 0 spiro atoms. The van der Waals surface area contributed by atoms with Crippen LogP contribution in [0.4, 0.5) is 5.69 Å². The summed E-state index contributed by atoms with van der Waals surface area (Å²) in [6, 6.07) is 15.4. The third-order valence-electron chi connectivity index (χ3n) is 3.38. The van der Waals surface area contributed by atoms with E-state index in [9.17, 15) is 0 Å². The summed E-state index contributed by atoms with van der Waals surface area (Å²) in [5.41, 5.74) is 3.41. The number of nitrogens with one attached hydrogen (secondary N) is 1. The second kappa shape index (κ2) is 5.47. The van der Waals surface area contributed by atoms with Crippen molar-refractivity contribution in [2.75, 3.05) is 5.32 Å². The number of nitriles is 1. The van der Waals surface area contributed by atoms with Crippen LogP contribution in [0.1, 0.15) is 11.3 Å². The minimum Gasteiger partial charge on any atom is -0.378 e. The number of halogens is 1. The molecule has 0 saturated heterocycles. The summed E-state index contributed by atoms with van der Waals surface area (Å²) < 4.78 is 1.87. The lowest BCUT2D eigenvalue weighted by Crippen LogP contribution is -2.02. The molecule has 3 rings (SSSR count). The Labute approximate surface area is 127 Å². The summed E-state index contributed by atoms with van der Waals surface area (Å²) in [6.45, 7) is 0.576. The highest BCUT2D eigenvalue weighted by molar-refractivity contribution is 6.33. The normalized spacial score (nSPS) is 10.5. The van der Waals surface area contributed by atoms with Gasteiger partial charge in [-0.3, -0.25) is 4.68 Å². The number of fused-ring (bicyclic) bond motifs is 1. The van der Waals surface area contributed by atoms with Gasteiger partial charge in [0.1, 0.15) is 0 Å². The summed E-state index contributed by atoms with van der Waals surface area (Å²) in [4.78, 5) is 0. The first-order valence-corrected chi connectivity index (χ1v) is 6.91. The van der Waals surface area contributed by atoms with Crippen LogP contribution in [0.3, 0.4) is 0 Å². The number of hydrogen-bond donors (Lipinski definition) is 1. The number of nitrogens with zero attached hydrogens (tertiary/aromatic N) is 3. The molecule has 0 amide bonds. The summed E-state index contributed by atoms with van der Waals surface area (Å²) in [5.74, 6) is 0. The molecule has 3 aromatic rings. The lowest BCUT2D eigenvalue weighted by atomic mass is 10.2. The molecule has 5 heteroatoms. The van der Waals surface area contributed by atoms with Gasteiger partial charge in [-0.25, -0.2) is 0 Å². The monoisotopic (exact) mass is 296 g/mol. The number of para-hydroxylation sites is 1. The lowest BCUT2D eigenvalue weighted by Gasteiger charge is -2.07. The highest BCUT2D eigenvalue weighted by Gasteiger charge is 2.08. The molecule has 0 saturated carbocycles. The van der Waals surface area contributed by atoms with Crippen LogP contribution in [0.25, 0.3) is 10.9 Å². The van der Waals surface area contributed by atoms with E-state index in [1.54, 1.807) is 12.1 Å². The van der Waals surface area contributed by atoms with Crippen molar-refractivity contribution >= 4 is 28.2 Å². The Bertz CT molecular complexity index is 845. The van der Waals surface area contributed by atoms with E-state index in [0.29, 0.717) is 17.1 Å². The van der Waals surface area contributed by atoms with Gasteiger partial charge >= 0.3 is 0 Å². The smallest absolute Gasteiger partial charge is 0.0992 e. The first-order chi connectivity index (χ1) is 10.2. The van der Waals surface area contributed by atoms with Crippen molar-refractivity contribution in [2.45, 2.75) is 6.54 Å². The predicted molar refractivity (Wildman–Crippen MR) is 84.2 cm³/mol. The number of hydrogen-bond acceptors (Lipinski definition) is 3. The zero-order valence-electron chi connectivity index (χ0n) is 11.5. The highest BCUT2D eigenvalue weighted by Crippen LogP contribution is 2.24. The van der Waals surface area contributed by atoms with Gasteiger partial charge in [-0.2, -0.15) is 10.4 Å². The molecule has 0 fully saturated rings. The molecule has 104 valence electrons. The van der Waals surface area contributed by atoms with Crippen LogP contribution >= 0.6 is 11.6 Å². The predicted octanol–water partition coefficient (Wildman–Crippen LogP) is 3.71. The molecule has 2 aromatic carbocycles.